The van der Waals surface area contributed by atoms with E-state index in [1.165, 1.54) is 44.9 Å². The Morgan fingerprint density at radius 3 is 2.30 bits per heavy atom. The van der Waals surface area contributed by atoms with Crippen molar-refractivity contribution in [3.05, 3.63) is 25.0 Å². The molecule has 0 aliphatic carbocycles. The summed E-state index contributed by atoms with van der Waals surface area (Å²) < 4.78 is 5.05. The van der Waals surface area contributed by atoms with Crippen LogP contribution in [0.15, 0.2) is 25.0 Å². The number of hydrogen-bond acceptors (Lipinski definition) is 2. The first-order valence-electron chi connectivity index (χ1n) is 8.26. The Balaban J connectivity index is 3.25. The van der Waals surface area contributed by atoms with Gasteiger partial charge in [-0.1, -0.05) is 51.5 Å². The first kappa shape index (κ1) is 18.9. The molecule has 0 saturated carbocycles. The van der Waals surface area contributed by atoms with Crippen LogP contribution in [0.4, 0.5) is 0 Å². The lowest BCUT2D eigenvalue weighted by molar-refractivity contribution is -0.138. The van der Waals surface area contributed by atoms with Crippen molar-refractivity contribution in [2.45, 2.75) is 84.0 Å². The molecule has 0 amide bonds. The molecular formula is C18H32O2. The molecule has 0 aliphatic heterocycles. The van der Waals surface area contributed by atoms with Gasteiger partial charge in [-0.15, -0.1) is 6.58 Å². The molecule has 0 N–H and O–H groups in total. The third kappa shape index (κ3) is 15.0. The monoisotopic (exact) mass is 280 g/mol. The van der Waals surface area contributed by atoms with E-state index in [1.807, 2.05) is 12.2 Å². The van der Waals surface area contributed by atoms with Gasteiger partial charge < -0.3 is 4.74 Å². The maximum Gasteiger partial charge on any atom is 0.310 e. The topological polar surface area (TPSA) is 26.3 Å². The van der Waals surface area contributed by atoms with E-state index in [0.717, 1.165) is 25.7 Å². The highest BCUT2D eigenvalue weighted by Crippen LogP contribution is 2.09. The molecule has 0 spiro atoms. The van der Waals surface area contributed by atoms with Crippen molar-refractivity contribution in [1.29, 1.82) is 0 Å². The van der Waals surface area contributed by atoms with Crippen LogP contribution in [-0.2, 0) is 9.53 Å². The van der Waals surface area contributed by atoms with Crippen LogP contribution in [0.25, 0.3) is 0 Å². The molecule has 0 aliphatic rings. The maximum absolute atomic E-state index is 11.4. The highest BCUT2D eigenvalue weighted by atomic mass is 16.5. The van der Waals surface area contributed by atoms with Crippen molar-refractivity contribution in [2.75, 3.05) is 0 Å². The molecule has 0 saturated heterocycles. The Bertz CT molecular complexity index is 256. The lowest BCUT2D eigenvalue weighted by Crippen LogP contribution is -1.98. The Morgan fingerprint density at radius 1 is 0.950 bits per heavy atom. The van der Waals surface area contributed by atoms with Crippen LogP contribution in [0, 0.1) is 0 Å². The minimum atomic E-state index is -0.0941. The third-order valence-corrected chi connectivity index (χ3v) is 3.31. The van der Waals surface area contributed by atoms with E-state index >= 15 is 0 Å². The number of carbonyl (C=O) groups excluding carboxylic acids is 1. The minimum absolute atomic E-state index is 0.0941. The summed E-state index contributed by atoms with van der Waals surface area (Å²) in [4.78, 5) is 11.4. The van der Waals surface area contributed by atoms with Crippen LogP contribution in [0.2, 0.25) is 0 Å². The Kier molecular flexibility index (Phi) is 15.2. The van der Waals surface area contributed by atoms with Crippen molar-refractivity contribution >= 4 is 5.97 Å². The zero-order valence-corrected chi connectivity index (χ0v) is 13.2. The fourth-order valence-corrected chi connectivity index (χ4v) is 2.03. The molecule has 2 nitrogen and oxygen atoms in total. The molecule has 2 heteroatoms. The van der Waals surface area contributed by atoms with Crippen LogP contribution in [0.3, 0.4) is 0 Å². The Morgan fingerprint density at radius 2 is 1.60 bits per heavy atom. The molecule has 0 aromatic carbocycles. The zero-order chi connectivity index (χ0) is 14.9. The minimum Gasteiger partial charge on any atom is -0.435 e. The average molecular weight is 280 g/mol. The second kappa shape index (κ2) is 16.0. The van der Waals surface area contributed by atoms with Crippen LogP contribution >= 0.6 is 0 Å². The smallest absolute Gasteiger partial charge is 0.310 e. The normalized spacial score (nSPS) is 10.8. The molecule has 0 atom stereocenters. The summed E-state index contributed by atoms with van der Waals surface area (Å²) in [5.41, 5.74) is 0. The van der Waals surface area contributed by atoms with E-state index in [4.69, 9.17) is 4.74 Å². The molecule has 0 radical (unpaired) electrons. The lowest BCUT2D eigenvalue weighted by Gasteiger charge is -2.01. The first-order valence-corrected chi connectivity index (χ1v) is 8.26. The second-order valence-electron chi connectivity index (χ2n) is 5.31. The summed E-state index contributed by atoms with van der Waals surface area (Å²) >= 11 is 0. The predicted octanol–water partition coefficient (Wildman–Crippen LogP) is 5.93. The van der Waals surface area contributed by atoms with Gasteiger partial charge in [0.25, 0.3) is 0 Å². The van der Waals surface area contributed by atoms with Gasteiger partial charge in [0.05, 0.1) is 6.26 Å². The lowest BCUT2D eigenvalue weighted by atomic mass is 10.1. The summed E-state index contributed by atoms with van der Waals surface area (Å²) in [5, 5.41) is 0. The molecule has 0 rings (SSSR count). The molecule has 0 unspecified atom stereocenters. The summed E-state index contributed by atoms with van der Waals surface area (Å²) in [6.07, 6.45) is 18.9. The molecule has 0 aromatic rings. The van der Waals surface area contributed by atoms with Crippen LogP contribution in [-0.4, -0.2) is 5.97 Å². The van der Waals surface area contributed by atoms with Gasteiger partial charge in [0.2, 0.25) is 0 Å². The zero-order valence-electron chi connectivity index (χ0n) is 13.2. The number of unbranched alkanes of at least 4 members (excludes halogenated alkanes) is 9. The second-order valence-corrected chi connectivity index (χ2v) is 5.31. The van der Waals surface area contributed by atoms with Gasteiger partial charge in [-0.2, -0.15) is 0 Å². The van der Waals surface area contributed by atoms with Crippen molar-refractivity contribution in [3.63, 3.8) is 0 Å². The van der Waals surface area contributed by atoms with E-state index in [0.29, 0.717) is 6.42 Å². The number of rotatable bonds is 14. The van der Waals surface area contributed by atoms with E-state index in [2.05, 4.69) is 13.5 Å². The molecule has 116 valence electrons. The standard InChI is InChI=1S/C18H32O2/c1-3-5-7-9-10-11-12-14-16-18(19)20-17-15-13-8-6-4-2/h3,15,17H,1,4-14,16H2,2H3/b17-15+. The van der Waals surface area contributed by atoms with Crippen molar-refractivity contribution in [3.8, 4) is 0 Å². The summed E-state index contributed by atoms with van der Waals surface area (Å²) in [6.45, 7) is 5.90. The van der Waals surface area contributed by atoms with Gasteiger partial charge in [-0.3, -0.25) is 4.79 Å². The quantitative estimate of drug-likeness (QED) is 0.170. The van der Waals surface area contributed by atoms with Crippen LogP contribution in [0.1, 0.15) is 84.0 Å². The third-order valence-electron chi connectivity index (χ3n) is 3.31. The Hall–Kier alpha value is -1.05. The van der Waals surface area contributed by atoms with E-state index in [-0.39, 0.29) is 5.97 Å². The number of esters is 1. The predicted molar refractivity (Wildman–Crippen MR) is 86.5 cm³/mol. The van der Waals surface area contributed by atoms with Crippen molar-refractivity contribution < 1.29 is 9.53 Å². The van der Waals surface area contributed by atoms with Gasteiger partial charge in [0, 0.05) is 6.42 Å². The SMILES string of the molecule is C=CCCCCCCCCC(=O)O/C=C/CCCCC. The summed E-state index contributed by atoms with van der Waals surface area (Å²) in [7, 11) is 0. The van der Waals surface area contributed by atoms with E-state index in [1.54, 1.807) is 6.26 Å². The van der Waals surface area contributed by atoms with Crippen molar-refractivity contribution in [2.24, 2.45) is 0 Å². The number of allylic oxidation sites excluding steroid dienone is 2. The van der Waals surface area contributed by atoms with Gasteiger partial charge in [0.15, 0.2) is 0 Å². The summed E-state index contributed by atoms with van der Waals surface area (Å²) in [6, 6.07) is 0. The molecule has 0 aromatic heterocycles. The molecule has 20 heavy (non-hydrogen) atoms. The fraction of sp³-hybridized carbons (Fsp3) is 0.722. The molecule has 0 heterocycles. The highest BCUT2D eigenvalue weighted by molar-refractivity contribution is 5.69. The number of ether oxygens (including phenoxy) is 1. The molecule has 0 bridgehead atoms. The van der Waals surface area contributed by atoms with Crippen LogP contribution < -0.4 is 0 Å². The van der Waals surface area contributed by atoms with E-state index < -0.39 is 0 Å². The number of hydrogen-bond donors (Lipinski definition) is 0. The van der Waals surface area contributed by atoms with Crippen molar-refractivity contribution in [1.82, 2.24) is 0 Å². The van der Waals surface area contributed by atoms with Gasteiger partial charge in [-0.25, -0.2) is 0 Å². The summed E-state index contributed by atoms with van der Waals surface area (Å²) in [5.74, 6) is -0.0941. The molecule has 0 fully saturated rings. The van der Waals surface area contributed by atoms with Gasteiger partial charge in [-0.05, 0) is 38.2 Å². The highest BCUT2D eigenvalue weighted by Gasteiger charge is 2.00. The maximum atomic E-state index is 11.4. The van der Waals surface area contributed by atoms with E-state index in [9.17, 15) is 4.79 Å². The first-order chi connectivity index (χ1) is 9.81. The largest absolute Gasteiger partial charge is 0.435 e. The molecular weight excluding hydrogens is 248 g/mol. The fourth-order valence-electron chi connectivity index (χ4n) is 2.03. The Labute approximate surface area is 125 Å². The van der Waals surface area contributed by atoms with Gasteiger partial charge >= 0.3 is 5.97 Å². The number of carbonyl (C=O) groups is 1. The average Bonchev–Trinajstić information content (AvgIpc) is 2.45. The van der Waals surface area contributed by atoms with Crippen LogP contribution in [0.5, 0.6) is 0 Å². The van der Waals surface area contributed by atoms with Gasteiger partial charge in [0.1, 0.15) is 0 Å².